The summed E-state index contributed by atoms with van der Waals surface area (Å²) in [6, 6.07) is 14.6. The van der Waals surface area contributed by atoms with Crippen LogP contribution in [-0.2, 0) is 14.6 Å². The molecule has 2 fully saturated rings. The average Bonchev–Trinajstić information content (AvgIpc) is 2.60. The Bertz CT molecular complexity index is 804. The first-order valence-electron chi connectivity index (χ1n) is 8.61. The van der Waals surface area contributed by atoms with E-state index < -0.39 is 5.60 Å². The molecule has 4 rings (SSSR count). The zero-order valence-corrected chi connectivity index (χ0v) is 14.1. The molecule has 1 aliphatic carbocycles. The van der Waals surface area contributed by atoms with Crippen LogP contribution in [0.15, 0.2) is 48.5 Å². The summed E-state index contributed by atoms with van der Waals surface area (Å²) in [5.41, 5.74) is 0.582. The third kappa shape index (κ3) is 2.58. The van der Waals surface area contributed by atoms with Crippen molar-refractivity contribution in [3.8, 4) is 0 Å². The molecule has 1 aliphatic heterocycles. The van der Waals surface area contributed by atoms with Gasteiger partial charge in [0.05, 0.1) is 0 Å². The molecular weight excluding hydrogens is 300 g/mol. The van der Waals surface area contributed by atoms with Crippen molar-refractivity contribution in [2.24, 2.45) is 11.8 Å². The standard InChI is InChI=1S/C21H22O3/c1-14-19(22)12-17-13-20(14)23-24-21(17,2)11-10-16-8-5-7-15-6-3-4-9-18(15)16/h3-11,14,17,20H,12-13H2,1-2H3/t14-,17+,20+,21+/m1/s1. The van der Waals surface area contributed by atoms with E-state index in [2.05, 4.69) is 42.5 Å². The number of benzene rings is 2. The van der Waals surface area contributed by atoms with E-state index in [1.54, 1.807) is 0 Å². The van der Waals surface area contributed by atoms with Crippen molar-refractivity contribution in [3.05, 3.63) is 54.1 Å². The monoisotopic (exact) mass is 322 g/mol. The zero-order valence-electron chi connectivity index (χ0n) is 14.1. The predicted octanol–water partition coefficient (Wildman–Crippen LogP) is 4.56. The summed E-state index contributed by atoms with van der Waals surface area (Å²) < 4.78 is 0. The summed E-state index contributed by atoms with van der Waals surface area (Å²) in [4.78, 5) is 23.5. The molecular formula is C21H22O3. The molecule has 2 aromatic carbocycles. The quantitative estimate of drug-likeness (QED) is 0.761. The van der Waals surface area contributed by atoms with Crippen LogP contribution in [0.3, 0.4) is 0 Å². The van der Waals surface area contributed by atoms with Gasteiger partial charge in [0, 0.05) is 18.3 Å². The summed E-state index contributed by atoms with van der Waals surface area (Å²) in [5.74, 6) is 0.392. The molecule has 4 atom stereocenters. The Morgan fingerprint density at radius 2 is 1.96 bits per heavy atom. The van der Waals surface area contributed by atoms with Gasteiger partial charge in [-0.05, 0) is 35.8 Å². The van der Waals surface area contributed by atoms with Crippen LogP contribution in [0.5, 0.6) is 0 Å². The second-order valence-corrected chi connectivity index (χ2v) is 7.20. The SMILES string of the molecule is C[C@@H]1C(=O)C[C@H]2C[C@@H]1OO[C@@]2(C)C=Cc1cccc2ccccc12. The highest BCUT2D eigenvalue weighted by atomic mass is 17.2. The highest BCUT2D eigenvalue weighted by Gasteiger charge is 2.48. The number of rotatable bonds is 2. The zero-order chi connectivity index (χ0) is 16.7. The highest BCUT2D eigenvalue weighted by Crippen LogP contribution is 2.43. The van der Waals surface area contributed by atoms with Crippen molar-refractivity contribution in [3.63, 3.8) is 0 Å². The highest BCUT2D eigenvalue weighted by molar-refractivity contribution is 5.90. The lowest BCUT2D eigenvalue weighted by Crippen LogP contribution is -2.51. The van der Waals surface area contributed by atoms with E-state index in [4.69, 9.17) is 9.78 Å². The van der Waals surface area contributed by atoms with Crippen molar-refractivity contribution >= 4 is 22.6 Å². The topological polar surface area (TPSA) is 35.5 Å². The van der Waals surface area contributed by atoms with Crippen LogP contribution in [-0.4, -0.2) is 17.5 Å². The molecule has 3 heteroatoms. The van der Waals surface area contributed by atoms with E-state index in [1.165, 1.54) is 10.8 Å². The van der Waals surface area contributed by atoms with Gasteiger partial charge in [-0.25, -0.2) is 9.78 Å². The fourth-order valence-electron chi connectivity index (χ4n) is 3.81. The molecule has 0 unspecified atom stereocenters. The maximum Gasteiger partial charge on any atom is 0.138 e. The second kappa shape index (κ2) is 5.83. The molecule has 0 amide bonds. The molecule has 1 heterocycles. The lowest BCUT2D eigenvalue weighted by Gasteiger charge is -2.45. The normalized spacial score (nSPS) is 33.2. The Morgan fingerprint density at radius 3 is 2.83 bits per heavy atom. The largest absolute Gasteiger partial charge is 0.299 e. The van der Waals surface area contributed by atoms with Crippen LogP contribution in [0.2, 0.25) is 0 Å². The van der Waals surface area contributed by atoms with Gasteiger partial charge in [-0.1, -0.05) is 55.5 Å². The molecule has 124 valence electrons. The molecule has 2 aromatic rings. The Kier molecular flexibility index (Phi) is 3.78. The smallest absolute Gasteiger partial charge is 0.138 e. The van der Waals surface area contributed by atoms with Gasteiger partial charge in [0.1, 0.15) is 17.5 Å². The second-order valence-electron chi connectivity index (χ2n) is 7.20. The Labute approximate surface area is 142 Å². The minimum absolute atomic E-state index is 0.0622. The maximum absolute atomic E-state index is 12.2. The molecule has 0 aromatic heterocycles. The Morgan fingerprint density at radius 1 is 1.17 bits per heavy atom. The third-order valence-corrected chi connectivity index (χ3v) is 5.61. The van der Waals surface area contributed by atoms with Crippen LogP contribution >= 0.6 is 0 Å². The summed E-state index contributed by atoms with van der Waals surface area (Å²) >= 11 is 0. The van der Waals surface area contributed by atoms with Crippen LogP contribution in [0, 0.1) is 11.8 Å². The van der Waals surface area contributed by atoms with Gasteiger partial charge in [0.25, 0.3) is 0 Å². The van der Waals surface area contributed by atoms with E-state index in [0.717, 1.165) is 12.0 Å². The summed E-state index contributed by atoms with van der Waals surface area (Å²) in [5, 5.41) is 2.43. The van der Waals surface area contributed by atoms with Gasteiger partial charge in [0.15, 0.2) is 0 Å². The van der Waals surface area contributed by atoms with Gasteiger partial charge in [0.2, 0.25) is 0 Å². The third-order valence-electron chi connectivity index (χ3n) is 5.61. The number of carbonyl (C=O) groups is 1. The van der Waals surface area contributed by atoms with E-state index in [-0.39, 0.29) is 23.7 Å². The number of hydrogen-bond acceptors (Lipinski definition) is 3. The summed E-state index contributed by atoms with van der Waals surface area (Å²) in [6.07, 6.45) is 5.49. The van der Waals surface area contributed by atoms with Gasteiger partial charge in [-0.3, -0.25) is 4.79 Å². The van der Waals surface area contributed by atoms with Crippen molar-refractivity contribution in [1.29, 1.82) is 0 Å². The van der Waals surface area contributed by atoms with Gasteiger partial charge < -0.3 is 0 Å². The number of ketones is 1. The minimum Gasteiger partial charge on any atom is -0.299 e. The van der Waals surface area contributed by atoms with E-state index in [1.807, 2.05) is 26.0 Å². The summed E-state index contributed by atoms with van der Waals surface area (Å²) in [7, 11) is 0. The molecule has 1 saturated heterocycles. The first-order valence-corrected chi connectivity index (χ1v) is 8.61. The van der Waals surface area contributed by atoms with Gasteiger partial charge in [-0.2, -0.15) is 0 Å². The first-order chi connectivity index (χ1) is 11.6. The van der Waals surface area contributed by atoms with Gasteiger partial charge in [-0.15, -0.1) is 0 Å². The fraction of sp³-hybridized carbons (Fsp3) is 0.381. The molecule has 1 saturated carbocycles. The number of fused-ring (bicyclic) bond motifs is 3. The van der Waals surface area contributed by atoms with Crippen molar-refractivity contribution < 1.29 is 14.6 Å². The fourth-order valence-corrected chi connectivity index (χ4v) is 3.81. The minimum atomic E-state index is -0.566. The Balaban J connectivity index is 1.64. The van der Waals surface area contributed by atoms with Crippen LogP contribution in [0.1, 0.15) is 32.3 Å². The van der Waals surface area contributed by atoms with Crippen LogP contribution in [0.4, 0.5) is 0 Å². The van der Waals surface area contributed by atoms with Gasteiger partial charge >= 0.3 is 0 Å². The van der Waals surface area contributed by atoms with Crippen LogP contribution < -0.4 is 0 Å². The lowest BCUT2D eigenvalue weighted by atomic mass is 9.71. The average molecular weight is 322 g/mol. The number of carbonyl (C=O) groups excluding carboxylic acids is 1. The Hall–Kier alpha value is -1.97. The van der Waals surface area contributed by atoms with Crippen molar-refractivity contribution in [2.75, 3.05) is 0 Å². The van der Waals surface area contributed by atoms with E-state index in [9.17, 15) is 4.79 Å². The number of hydrogen-bond donors (Lipinski definition) is 0. The summed E-state index contributed by atoms with van der Waals surface area (Å²) in [6.45, 7) is 3.94. The predicted molar refractivity (Wildman–Crippen MR) is 94.2 cm³/mol. The molecule has 2 bridgehead atoms. The van der Waals surface area contributed by atoms with Crippen molar-refractivity contribution in [1.82, 2.24) is 0 Å². The molecule has 2 aliphatic rings. The first kappa shape index (κ1) is 15.6. The molecule has 0 N–H and O–H groups in total. The number of Topliss-reactive ketones (excluding diaryl/α,β-unsaturated/α-hetero) is 1. The maximum atomic E-state index is 12.2. The van der Waals surface area contributed by atoms with Crippen LogP contribution in [0.25, 0.3) is 16.8 Å². The molecule has 0 radical (unpaired) electrons. The van der Waals surface area contributed by atoms with Crippen molar-refractivity contribution in [2.45, 2.75) is 38.4 Å². The van der Waals surface area contributed by atoms with E-state index in [0.29, 0.717) is 6.42 Å². The van der Waals surface area contributed by atoms with E-state index >= 15 is 0 Å². The lowest BCUT2D eigenvalue weighted by molar-refractivity contribution is -0.415. The molecule has 24 heavy (non-hydrogen) atoms. The molecule has 0 spiro atoms. The molecule has 3 nitrogen and oxygen atoms in total.